The van der Waals surface area contributed by atoms with Crippen LogP contribution in [0.2, 0.25) is 10.0 Å². The number of halogens is 2. The average Bonchev–Trinajstić information content (AvgIpc) is 2.73. The van der Waals surface area contributed by atoms with Crippen LogP contribution in [0.25, 0.3) is 10.8 Å². The third kappa shape index (κ3) is 4.67. The first-order chi connectivity index (χ1) is 14.1. The van der Waals surface area contributed by atoms with Crippen molar-refractivity contribution in [1.29, 1.82) is 0 Å². The van der Waals surface area contributed by atoms with E-state index < -0.39 is 0 Å². The molecule has 0 aliphatic rings. The van der Waals surface area contributed by atoms with Crippen LogP contribution in [0.5, 0.6) is 5.75 Å². The van der Waals surface area contributed by atoms with Gasteiger partial charge < -0.3 is 10.1 Å². The van der Waals surface area contributed by atoms with Crippen LogP contribution in [0.3, 0.4) is 0 Å². The molecule has 0 radical (unpaired) electrons. The van der Waals surface area contributed by atoms with Gasteiger partial charge in [-0.2, -0.15) is 0 Å². The fourth-order valence-electron chi connectivity index (χ4n) is 3.30. The summed E-state index contributed by atoms with van der Waals surface area (Å²) in [5.74, 6) is 0.514. The maximum Gasteiger partial charge on any atom is 0.156 e. The van der Waals surface area contributed by atoms with Crippen LogP contribution in [0.15, 0.2) is 78.9 Å². The summed E-state index contributed by atoms with van der Waals surface area (Å²) in [7, 11) is 0. The molecular weight excluding hydrogens is 401 g/mol. The second-order valence-corrected chi connectivity index (χ2v) is 7.85. The summed E-state index contributed by atoms with van der Waals surface area (Å²) in [6.07, 6.45) is 0. The molecular formula is C25H21Cl2NO. The molecule has 0 saturated carbocycles. The summed E-state index contributed by atoms with van der Waals surface area (Å²) < 4.78 is 6.01. The normalized spacial score (nSPS) is 10.9. The molecule has 0 aromatic heterocycles. The Kier molecular flexibility index (Phi) is 5.94. The standard InChI is InChI=1S/C25H21Cl2NO/c1-17-9-11-21(12-10-17)28-15-18-13-23(26)25(24(27)14-18)29-16-20-7-4-6-19-5-2-3-8-22(19)20/h2-14,28H,15-16H2,1H3. The van der Waals surface area contributed by atoms with Crippen LogP contribution in [-0.4, -0.2) is 0 Å². The molecule has 0 heterocycles. The molecule has 0 fully saturated rings. The van der Waals surface area contributed by atoms with Gasteiger partial charge in [-0.15, -0.1) is 0 Å². The Morgan fingerprint density at radius 3 is 2.28 bits per heavy atom. The Morgan fingerprint density at radius 2 is 1.52 bits per heavy atom. The molecule has 0 aliphatic heterocycles. The fourth-order valence-corrected chi connectivity index (χ4v) is 3.94. The third-order valence-electron chi connectivity index (χ3n) is 4.86. The molecule has 0 spiro atoms. The SMILES string of the molecule is Cc1ccc(NCc2cc(Cl)c(OCc3cccc4ccccc34)c(Cl)c2)cc1. The second kappa shape index (κ2) is 8.77. The lowest BCUT2D eigenvalue weighted by Gasteiger charge is -2.14. The number of aryl methyl sites for hydroxylation is 1. The number of benzene rings is 4. The van der Waals surface area contributed by atoms with Gasteiger partial charge in [-0.1, -0.05) is 83.4 Å². The summed E-state index contributed by atoms with van der Waals surface area (Å²) in [5, 5.41) is 6.76. The first-order valence-corrected chi connectivity index (χ1v) is 10.2. The van der Waals surface area contributed by atoms with Crippen molar-refractivity contribution in [3.05, 3.63) is 106 Å². The first-order valence-electron chi connectivity index (χ1n) is 9.48. The van der Waals surface area contributed by atoms with E-state index in [4.69, 9.17) is 27.9 Å². The van der Waals surface area contributed by atoms with Crippen LogP contribution >= 0.6 is 23.2 Å². The molecule has 4 rings (SSSR count). The Morgan fingerprint density at radius 1 is 0.828 bits per heavy atom. The van der Waals surface area contributed by atoms with Crippen LogP contribution in [0, 0.1) is 6.92 Å². The molecule has 0 amide bonds. The van der Waals surface area contributed by atoms with E-state index in [-0.39, 0.29) is 0 Å². The van der Waals surface area contributed by atoms with Gasteiger partial charge in [0.1, 0.15) is 6.61 Å². The lowest BCUT2D eigenvalue weighted by Crippen LogP contribution is -2.01. The molecule has 4 aromatic carbocycles. The zero-order valence-corrected chi connectivity index (χ0v) is 17.6. The van der Waals surface area contributed by atoms with Crippen LogP contribution < -0.4 is 10.1 Å². The number of hydrogen-bond acceptors (Lipinski definition) is 2. The number of rotatable bonds is 6. The van der Waals surface area contributed by atoms with Gasteiger partial charge in [0.25, 0.3) is 0 Å². The largest absolute Gasteiger partial charge is 0.486 e. The number of fused-ring (bicyclic) bond motifs is 1. The van der Waals surface area contributed by atoms with E-state index in [0.29, 0.717) is 28.9 Å². The van der Waals surface area contributed by atoms with Gasteiger partial charge in [0.2, 0.25) is 0 Å². The monoisotopic (exact) mass is 421 g/mol. The van der Waals surface area contributed by atoms with Crippen molar-refractivity contribution < 1.29 is 4.74 Å². The van der Waals surface area contributed by atoms with Gasteiger partial charge in [-0.25, -0.2) is 0 Å². The summed E-state index contributed by atoms with van der Waals surface area (Å²) in [6, 6.07) is 26.5. The second-order valence-electron chi connectivity index (χ2n) is 7.04. The van der Waals surface area contributed by atoms with Crippen LogP contribution in [-0.2, 0) is 13.2 Å². The Labute approximate surface area is 181 Å². The summed E-state index contributed by atoms with van der Waals surface area (Å²) in [5.41, 5.74) is 4.38. The lowest BCUT2D eigenvalue weighted by molar-refractivity contribution is 0.308. The highest BCUT2D eigenvalue weighted by Gasteiger charge is 2.11. The Balaban J connectivity index is 1.47. The minimum atomic E-state index is 0.405. The van der Waals surface area contributed by atoms with Gasteiger partial charge in [-0.05, 0) is 53.1 Å². The molecule has 0 unspecified atom stereocenters. The average molecular weight is 422 g/mol. The molecule has 0 atom stereocenters. The molecule has 146 valence electrons. The molecule has 29 heavy (non-hydrogen) atoms. The van der Waals surface area contributed by atoms with E-state index in [9.17, 15) is 0 Å². The summed E-state index contributed by atoms with van der Waals surface area (Å²) in [6.45, 7) is 3.11. The molecule has 2 nitrogen and oxygen atoms in total. The quantitative estimate of drug-likeness (QED) is 0.345. The van der Waals surface area contributed by atoms with Crippen LogP contribution in [0.1, 0.15) is 16.7 Å². The highest BCUT2D eigenvalue weighted by atomic mass is 35.5. The van der Waals surface area contributed by atoms with Crippen molar-refractivity contribution in [1.82, 2.24) is 0 Å². The highest BCUT2D eigenvalue weighted by molar-refractivity contribution is 6.37. The predicted octanol–water partition coefficient (Wildman–Crippen LogP) is 7.65. The molecule has 1 N–H and O–H groups in total. The van der Waals surface area contributed by atoms with E-state index in [2.05, 4.69) is 60.8 Å². The van der Waals surface area contributed by atoms with Crippen molar-refractivity contribution in [3.63, 3.8) is 0 Å². The molecule has 4 aromatic rings. The van der Waals surface area contributed by atoms with Crippen molar-refractivity contribution in [2.24, 2.45) is 0 Å². The van der Waals surface area contributed by atoms with Crippen molar-refractivity contribution in [2.45, 2.75) is 20.1 Å². The topological polar surface area (TPSA) is 21.3 Å². The summed E-state index contributed by atoms with van der Waals surface area (Å²) in [4.78, 5) is 0. The van der Waals surface area contributed by atoms with E-state index in [0.717, 1.165) is 16.8 Å². The minimum Gasteiger partial charge on any atom is -0.486 e. The molecule has 0 bridgehead atoms. The minimum absolute atomic E-state index is 0.405. The summed E-state index contributed by atoms with van der Waals surface area (Å²) >= 11 is 13.0. The lowest BCUT2D eigenvalue weighted by atomic mass is 10.1. The van der Waals surface area contributed by atoms with E-state index in [1.54, 1.807) is 0 Å². The van der Waals surface area contributed by atoms with Crippen molar-refractivity contribution in [2.75, 3.05) is 5.32 Å². The molecule has 0 saturated heterocycles. The van der Waals surface area contributed by atoms with E-state index in [1.807, 2.05) is 30.3 Å². The number of anilines is 1. The van der Waals surface area contributed by atoms with Crippen molar-refractivity contribution >= 4 is 39.7 Å². The Hall–Kier alpha value is -2.68. The smallest absolute Gasteiger partial charge is 0.156 e. The third-order valence-corrected chi connectivity index (χ3v) is 5.42. The van der Waals surface area contributed by atoms with Crippen molar-refractivity contribution in [3.8, 4) is 5.75 Å². The number of nitrogens with one attached hydrogen (secondary N) is 1. The van der Waals surface area contributed by atoms with E-state index >= 15 is 0 Å². The van der Waals surface area contributed by atoms with Gasteiger partial charge in [0, 0.05) is 12.2 Å². The molecule has 4 heteroatoms. The van der Waals surface area contributed by atoms with Gasteiger partial charge in [0.05, 0.1) is 10.0 Å². The Bertz CT molecular complexity index is 1110. The zero-order valence-electron chi connectivity index (χ0n) is 16.1. The highest BCUT2D eigenvalue weighted by Crippen LogP contribution is 2.35. The predicted molar refractivity (Wildman–Crippen MR) is 123 cm³/mol. The van der Waals surface area contributed by atoms with Gasteiger partial charge in [-0.3, -0.25) is 0 Å². The fraction of sp³-hybridized carbons (Fsp3) is 0.120. The zero-order chi connectivity index (χ0) is 20.2. The maximum atomic E-state index is 6.48. The van der Waals surface area contributed by atoms with Gasteiger partial charge in [0.15, 0.2) is 5.75 Å². The van der Waals surface area contributed by atoms with Gasteiger partial charge >= 0.3 is 0 Å². The van der Waals surface area contributed by atoms with E-state index in [1.165, 1.54) is 16.3 Å². The molecule has 0 aliphatic carbocycles. The number of hydrogen-bond donors (Lipinski definition) is 1. The maximum absolute atomic E-state index is 6.48. The van der Waals surface area contributed by atoms with Crippen LogP contribution in [0.4, 0.5) is 5.69 Å². The number of ether oxygens (including phenoxy) is 1. The first kappa shape index (κ1) is 19.6.